The summed E-state index contributed by atoms with van der Waals surface area (Å²) >= 11 is 0. The Balaban J connectivity index is 1.66. The Kier molecular flexibility index (Phi) is 5.11. The van der Waals surface area contributed by atoms with E-state index in [0.717, 1.165) is 18.7 Å². The number of aliphatic hydroxyl groups excluding tert-OH is 1. The van der Waals surface area contributed by atoms with E-state index in [0.29, 0.717) is 6.42 Å². The van der Waals surface area contributed by atoms with Crippen LogP contribution in [0, 0.1) is 13.8 Å². The van der Waals surface area contributed by atoms with Crippen LogP contribution in [0.2, 0.25) is 0 Å². The van der Waals surface area contributed by atoms with Crippen molar-refractivity contribution in [2.75, 3.05) is 0 Å². The van der Waals surface area contributed by atoms with E-state index in [1.165, 1.54) is 22.3 Å². The Bertz CT molecular complexity index is 793. The van der Waals surface area contributed by atoms with Crippen LogP contribution in [0.5, 0.6) is 0 Å². The molecule has 1 atom stereocenters. The fourth-order valence-electron chi connectivity index (χ4n) is 2.93. The second-order valence-corrected chi connectivity index (χ2v) is 6.41. The molecule has 1 aromatic heterocycles. The predicted molar refractivity (Wildman–Crippen MR) is 97.0 cm³/mol. The van der Waals surface area contributed by atoms with Gasteiger partial charge < -0.3 is 9.67 Å². The number of nitrogens with zero attached hydrogens (tertiary/aromatic N) is 2. The third-order valence-electron chi connectivity index (χ3n) is 4.56. The topological polar surface area (TPSA) is 38.1 Å². The van der Waals surface area contributed by atoms with Gasteiger partial charge in [-0.1, -0.05) is 48.5 Å². The largest absolute Gasteiger partial charge is 0.387 e. The molecular weight excluding hydrogens is 296 g/mol. The first-order valence-corrected chi connectivity index (χ1v) is 8.41. The second-order valence-electron chi connectivity index (χ2n) is 6.41. The zero-order valence-electron chi connectivity index (χ0n) is 14.3. The number of rotatable bonds is 6. The van der Waals surface area contributed by atoms with Crippen LogP contribution in [0.25, 0.3) is 0 Å². The van der Waals surface area contributed by atoms with E-state index >= 15 is 0 Å². The molecule has 3 aromatic rings. The molecule has 0 saturated heterocycles. The summed E-state index contributed by atoms with van der Waals surface area (Å²) in [6.45, 7) is 4.98. The molecule has 1 heterocycles. The molecule has 3 rings (SSSR count). The van der Waals surface area contributed by atoms with Crippen LogP contribution in [0.3, 0.4) is 0 Å². The summed E-state index contributed by atoms with van der Waals surface area (Å²) in [7, 11) is 0. The summed E-state index contributed by atoms with van der Waals surface area (Å²) < 4.78 is 2.03. The third-order valence-corrected chi connectivity index (χ3v) is 4.56. The standard InChI is InChI=1S/C21H24N2O/c1-16-8-9-18(12-17(16)2)10-11-21(24)20-13-22-15-23(20)14-19-6-4-3-5-7-19/h3-9,12-13,15,21,24H,10-11,14H2,1-2H3. The first-order valence-electron chi connectivity index (χ1n) is 8.41. The van der Waals surface area contributed by atoms with Crippen LogP contribution >= 0.6 is 0 Å². The molecule has 0 aliphatic heterocycles. The van der Waals surface area contributed by atoms with Gasteiger partial charge in [-0.3, -0.25) is 0 Å². The highest BCUT2D eigenvalue weighted by Gasteiger charge is 2.13. The smallest absolute Gasteiger partial charge is 0.0959 e. The van der Waals surface area contributed by atoms with Gasteiger partial charge in [0.1, 0.15) is 0 Å². The maximum Gasteiger partial charge on any atom is 0.0959 e. The van der Waals surface area contributed by atoms with Gasteiger partial charge in [0.15, 0.2) is 0 Å². The summed E-state index contributed by atoms with van der Waals surface area (Å²) in [6.07, 6.45) is 4.62. The van der Waals surface area contributed by atoms with Crippen LogP contribution in [-0.2, 0) is 13.0 Å². The fourth-order valence-corrected chi connectivity index (χ4v) is 2.93. The Labute approximate surface area is 143 Å². The molecule has 0 aliphatic carbocycles. The van der Waals surface area contributed by atoms with Crippen molar-refractivity contribution in [2.24, 2.45) is 0 Å². The van der Waals surface area contributed by atoms with E-state index < -0.39 is 6.10 Å². The van der Waals surface area contributed by atoms with Crippen molar-refractivity contribution in [2.45, 2.75) is 39.3 Å². The van der Waals surface area contributed by atoms with Gasteiger partial charge >= 0.3 is 0 Å². The third kappa shape index (κ3) is 3.92. The number of aromatic nitrogens is 2. The first-order chi connectivity index (χ1) is 11.6. The first kappa shape index (κ1) is 16.5. The Hall–Kier alpha value is -2.39. The zero-order chi connectivity index (χ0) is 16.9. The fraction of sp³-hybridized carbons (Fsp3) is 0.286. The predicted octanol–water partition coefficient (Wildman–Crippen LogP) is 4.21. The van der Waals surface area contributed by atoms with Gasteiger partial charge in [-0.2, -0.15) is 0 Å². The molecule has 0 radical (unpaired) electrons. The van der Waals surface area contributed by atoms with Crippen LogP contribution in [0.1, 0.15) is 40.5 Å². The molecule has 3 nitrogen and oxygen atoms in total. The van der Waals surface area contributed by atoms with E-state index in [9.17, 15) is 5.11 Å². The molecule has 0 fully saturated rings. The van der Waals surface area contributed by atoms with Crippen molar-refractivity contribution in [1.29, 1.82) is 0 Å². The van der Waals surface area contributed by atoms with E-state index in [2.05, 4.69) is 49.2 Å². The maximum absolute atomic E-state index is 10.6. The van der Waals surface area contributed by atoms with Crippen molar-refractivity contribution in [3.05, 3.63) is 89.0 Å². The Morgan fingerprint density at radius 3 is 2.54 bits per heavy atom. The van der Waals surface area contributed by atoms with Crippen molar-refractivity contribution in [1.82, 2.24) is 9.55 Å². The Morgan fingerprint density at radius 1 is 1.00 bits per heavy atom. The SMILES string of the molecule is Cc1ccc(CCC(O)c2cncn2Cc2ccccc2)cc1C. The van der Waals surface area contributed by atoms with Crippen LogP contribution in [-0.4, -0.2) is 14.7 Å². The lowest BCUT2D eigenvalue weighted by Crippen LogP contribution is -2.09. The number of imidazole rings is 1. The molecule has 124 valence electrons. The molecule has 24 heavy (non-hydrogen) atoms. The summed E-state index contributed by atoms with van der Waals surface area (Å²) in [5.41, 5.74) is 5.96. The molecule has 2 aromatic carbocycles. The van der Waals surface area contributed by atoms with Crippen LogP contribution in [0.15, 0.2) is 61.1 Å². The summed E-state index contributed by atoms with van der Waals surface area (Å²) in [4.78, 5) is 4.22. The molecule has 3 heteroatoms. The highest BCUT2D eigenvalue weighted by Crippen LogP contribution is 2.21. The van der Waals surface area contributed by atoms with Crippen molar-refractivity contribution >= 4 is 0 Å². The summed E-state index contributed by atoms with van der Waals surface area (Å²) in [5, 5.41) is 10.6. The molecule has 0 bridgehead atoms. The summed E-state index contributed by atoms with van der Waals surface area (Å²) in [5.74, 6) is 0. The van der Waals surface area contributed by atoms with Gasteiger partial charge in [-0.15, -0.1) is 0 Å². The van der Waals surface area contributed by atoms with Gasteiger partial charge in [0.2, 0.25) is 0 Å². The van der Waals surface area contributed by atoms with E-state index in [4.69, 9.17) is 0 Å². The number of hydrogen-bond acceptors (Lipinski definition) is 2. The van der Waals surface area contributed by atoms with Crippen LogP contribution < -0.4 is 0 Å². The highest BCUT2D eigenvalue weighted by atomic mass is 16.3. The lowest BCUT2D eigenvalue weighted by atomic mass is 10.0. The highest BCUT2D eigenvalue weighted by molar-refractivity contribution is 5.30. The van der Waals surface area contributed by atoms with Gasteiger partial charge in [0.25, 0.3) is 0 Å². The lowest BCUT2D eigenvalue weighted by Gasteiger charge is -2.14. The van der Waals surface area contributed by atoms with Crippen molar-refractivity contribution < 1.29 is 5.11 Å². The van der Waals surface area contributed by atoms with Gasteiger partial charge in [0, 0.05) is 6.54 Å². The zero-order valence-corrected chi connectivity index (χ0v) is 14.3. The van der Waals surface area contributed by atoms with E-state index in [1.54, 1.807) is 12.5 Å². The normalized spacial score (nSPS) is 12.3. The number of aliphatic hydroxyl groups is 1. The van der Waals surface area contributed by atoms with Gasteiger partial charge in [0.05, 0.1) is 24.3 Å². The monoisotopic (exact) mass is 320 g/mol. The minimum atomic E-state index is -0.502. The molecule has 0 saturated carbocycles. The second kappa shape index (κ2) is 7.45. The molecular formula is C21H24N2O. The lowest BCUT2D eigenvalue weighted by molar-refractivity contribution is 0.159. The average Bonchev–Trinajstić information content (AvgIpc) is 3.05. The number of hydrogen-bond donors (Lipinski definition) is 1. The van der Waals surface area contributed by atoms with E-state index in [1.807, 2.05) is 22.8 Å². The van der Waals surface area contributed by atoms with Gasteiger partial charge in [-0.05, 0) is 48.9 Å². The Morgan fingerprint density at radius 2 is 1.79 bits per heavy atom. The number of benzene rings is 2. The average molecular weight is 320 g/mol. The minimum absolute atomic E-state index is 0.502. The molecule has 0 amide bonds. The summed E-state index contributed by atoms with van der Waals surface area (Å²) in [6, 6.07) is 16.8. The molecule has 0 aliphatic rings. The van der Waals surface area contributed by atoms with Crippen molar-refractivity contribution in [3.63, 3.8) is 0 Å². The maximum atomic E-state index is 10.6. The van der Waals surface area contributed by atoms with Crippen LogP contribution in [0.4, 0.5) is 0 Å². The minimum Gasteiger partial charge on any atom is -0.387 e. The molecule has 0 spiro atoms. The van der Waals surface area contributed by atoms with Crippen molar-refractivity contribution in [3.8, 4) is 0 Å². The molecule has 1 unspecified atom stereocenters. The molecule has 1 N–H and O–H groups in total. The van der Waals surface area contributed by atoms with E-state index in [-0.39, 0.29) is 0 Å². The van der Waals surface area contributed by atoms with Gasteiger partial charge in [-0.25, -0.2) is 4.98 Å². The quantitative estimate of drug-likeness (QED) is 0.738. The number of aryl methyl sites for hydroxylation is 3.